The van der Waals surface area contributed by atoms with Gasteiger partial charge in [0.05, 0.1) is 28.3 Å². The molecular formula is C13H14N4O4. The lowest BCUT2D eigenvalue weighted by Crippen LogP contribution is -2.40. The molecule has 1 saturated carbocycles. The number of H-pyrrole nitrogens is 1. The molecule has 0 atom stereocenters. The van der Waals surface area contributed by atoms with Gasteiger partial charge >= 0.3 is 0 Å². The molecule has 0 spiro atoms. The van der Waals surface area contributed by atoms with Gasteiger partial charge < -0.3 is 15.0 Å². The standard InChI is InChI=1S/C13H14N4O4/c1-21-8-2-7(3-8)16-11-5-10-9(4-12(11)17(19)20)13(18)15-6-14-10/h4-8,16H,2-3H2,1H3,(H,14,15,18). The second-order valence-electron chi connectivity index (χ2n) is 5.05. The lowest BCUT2D eigenvalue weighted by Gasteiger charge is -2.35. The summed E-state index contributed by atoms with van der Waals surface area (Å²) >= 11 is 0. The van der Waals surface area contributed by atoms with E-state index in [1.54, 1.807) is 13.2 Å². The highest BCUT2D eigenvalue weighted by atomic mass is 16.6. The van der Waals surface area contributed by atoms with E-state index < -0.39 is 10.5 Å². The molecule has 8 nitrogen and oxygen atoms in total. The van der Waals surface area contributed by atoms with E-state index in [1.807, 2.05) is 0 Å². The smallest absolute Gasteiger partial charge is 0.293 e. The minimum Gasteiger partial charge on any atom is -0.381 e. The van der Waals surface area contributed by atoms with E-state index in [-0.39, 0.29) is 23.2 Å². The summed E-state index contributed by atoms with van der Waals surface area (Å²) < 4.78 is 5.19. The Bertz CT molecular complexity index is 751. The number of aromatic nitrogens is 2. The summed E-state index contributed by atoms with van der Waals surface area (Å²) in [6.45, 7) is 0. The van der Waals surface area contributed by atoms with Crippen molar-refractivity contribution in [2.24, 2.45) is 0 Å². The summed E-state index contributed by atoms with van der Waals surface area (Å²) in [5.74, 6) is 0. The minimum absolute atomic E-state index is 0.123. The molecule has 1 aliphatic carbocycles. The largest absolute Gasteiger partial charge is 0.381 e. The van der Waals surface area contributed by atoms with E-state index >= 15 is 0 Å². The van der Waals surface area contributed by atoms with Gasteiger partial charge in [-0.05, 0) is 18.9 Å². The third-order valence-electron chi connectivity index (χ3n) is 3.74. The maximum atomic E-state index is 11.7. The summed E-state index contributed by atoms with van der Waals surface area (Å²) in [6.07, 6.45) is 3.08. The van der Waals surface area contributed by atoms with Crippen LogP contribution in [0.3, 0.4) is 0 Å². The van der Waals surface area contributed by atoms with Crippen molar-refractivity contribution in [1.29, 1.82) is 0 Å². The number of benzene rings is 1. The van der Waals surface area contributed by atoms with Gasteiger partial charge in [-0.3, -0.25) is 14.9 Å². The highest BCUT2D eigenvalue weighted by Gasteiger charge is 2.30. The molecule has 0 amide bonds. The predicted molar refractivity (Wildman–Crippen MR) is 76.5 cm³/mol. The van der Waals surface area contributed by atoms with E-state index in [0.717, 1.165) is 12.8 Å². The van der Waals surface area contributed by atoms with Crippen molar-refractivity contribution in [3.8, 4) is 0 Å². The summed E-state index contributed by atoms with van der Waals surface area (Å²) in [5.41, 5.74) is 0.291. The Kier molecular flexibility index (Phi) is 3.30. The second kappa shape index (κ2) is 5.13. The molecule has 1 fully saturated rings. The van der Waals surface area contributed by atoms with Crippen LogP contribution in [0.25, 0.3) is 10.9 Å². The molecule has 21 heavy (non-hydrogen) atoms. The van der Waals surface area contributed by atoms with Crippen molar-refractivity contribution < 1.29 is 9.66 Å². The number of fused-ring (bicyclic) bond motifs is 1. The van der Waals surface area contributed by atoms with Crippen LogP contribution in [-0.4, -0.2) is 34.1 Å². The zero-order valence-electron chi connectivity index (χ0n) is 11.3. The van der Waals surface area contributed by atoms with Crippen LogP contribution in [0.5, 0.6) is 0 Å². The van der Waals surface area contributed by atoms with Crippen LogP contribution in [0.1, 0.15) is 12.8 Å². The van der Waals surface area contributed by atoms with Crippen molar-refractivity contribution in [3.63, 3.8) is 0 Å². The van der Waals surface area contributed by atoms with Gasteiger partial charge in [-0.2, -0.15) is 0 Å². The van der Waals surface area contributed by atoms with E-state index in [4.69, 9.17) is 4.74 Å². The van der Waals surface area contributed by atoms with Crippen LogP contribution < -0.4 is 10.9 Å². The normalized spacial score (nSPS) is 21.0. The molecule has 1 aromatic carbocycles. The van der Waals surface area contributed by atoms with Gasteiger partial charge in [-0.15, -0.1) is 0 Å². The summed E-state index contributed by atoms with van der Waals surface area (Å²) in [7, 11) is 1.65. The Hall–Kier alpha value is -2.48. The molecule has 2 aromatic rings. The summed E-state index contributed by atoms with van der Waals surface area (Å²) in [5, 5.41) is 14.5. The number of aromatic amines is 1. The van der Waals surface area contributed by atoms with Crippen LogP contribution in [0.4, 0.5) is 11.4 Å². The fraction of sp³-hybridized carbons (Fsp3) is 0.385. The molecule has 110 valence electrons. The Balaban J connectivity index is 1.98. The zero-order chi connectivity index (χ0) is 15.0. The monoisotopic (exact) mass is 290 g/mol. The Morgan fingerprint density at radius 1 is 1.48 bits per heavy atom. The van der Waals surface area contributed by atoms with Crippen molar-refractivity contribution >= 4 is 22.3 Å². The zero-order valence-corrected chi connectivity index (χ0v) is 11.3. The van der Waals surface area contributed by atoms with Gasteiger partial charge in [0.15, 0.2) is 0 Å². The first kappa shape index (κ1) is 13.5. The predicted octanol–water partition coefficient (Wildman–Crippen LogP) is 1.42. The average Bonchev–Trinajstić information content (AvgIpc) is 2.41. The highest BCUT2D eigenvalue weighted by molar-refractivity contribution is 5.86. The molecule has 0 aliphatic heterocycles. The minimum atomic E-state index is -0.499. The third kappa shape index (κ3) is 2.45. The fourth-order valence-electron chi connectivity index (χ4n) is 2.47. The van der Waals surface area contributed by atoms with E-state index in [1.165, 1.54) is 12.4 Å². The van der Waals surface area contributed by atoms with Crippen molar-refractivity contribution in [3.05, 3.63) is 38.9 Å². The Morgan fingerprint density at radius 3 is 2.90 bits per heavy atom. The lowest BCUT2D eigenvalue weighted by atomic mass is 9.89. The van der Waals surface area contributed by atoms with Gasteiger partial charge in [0, 0.05) is 19.2 Å². The number of ether oxygens (including phenoxy) is 1. The van der Waals surface area contributed by atoms with E-state index in [2.05, 4.69) is 15.3 Å². The number of hydrogen-bond acceptors (Lipinski definition) is 6. The summed E-state index contributed by atoms with van der Waals surface area (Å²) in [6, 6.07) is 2.94. The van der Waals surface area contributed by atoms with Crippen LogP contribution in [0.15, 0.2) is 23.3 Å². The molecule has 0 bridgehead atoms. The van der Waals surface area contributed by atoms with Crippen LogP contribution in [0, 0.1) is 10.1 Å². The third-order valence-corrected chi connectivity index (χ3v) is 3.74. The van der Waals surface area contributed by atoms with Crippen LogP contribution in [0.2, 0.25) is 0 Å². The van der Waals surface area contributed by atoms with Gasteiger partial charge in [-0.25, -0.2) is 4.98 Å². The molecule has 1 heterocycles. The highest BCUT2D eigenvalue weighted by Crippen LogP contribution is 2.32. The number of hydrogen-bond donors (Lipinski definition) is 2. The number of nitro groups is 1. The molecule has 2 N–H and O–H groups in total. The average molecular weight is 290 g/mol. The number of nitro benzene ring substituents is 1. The van der Waals surface area contributed by atoms with Crippen LogP contribution >= 0.6 is 0 Å². The van der Waals surface area contributed by atoms with E-state index in [0.29, 0.717) is 11.2 Å². The maximum Gasteiger partial charge on any atom is 0.293 e. The quantitative estimate of drug-likeness (QED) is 0.651. The first-order chi connectivity index (χ1) is 10.1. The fourth-order valence-corrected chi connectivity index (χ4v) is 2.47. The van der Waals surface area contributed by atoms with Gasteiger partial charge in [0.2, 0.25) is 0 Å². The molecule has 1 aromatic heterocycles. The number of rotatable bonds is 4. The first-order valence-corrected chi connectivity index (χ1v) is 6.53. The molecule has 3 rings (SSSR count). The van der Waals surface area contributed by atoms with Gasteiger partial charge in [0.1, 0.15) is 5.69 Å². The molecular weight excluding hydrogens is 276 g/mol. The number of nitrogens with zero attached hydrogens (tertiary/aromatic N) is 2. The van der Waals surface area contributed by atoms with Gasteiger partial charge in [0.25, 0.3) is 11.2 Å². The Morgan fingerprint density at radius 2 is 2.24 bits per heavy atom. The number of nitrogens with one attached hydrogen (secondary N) is 2. The first-order valence-electron chi connectivity index (χ1n) is 6.53. The van der Waals surface area contributed by atoms with Crippen molar-refractivity contribution in [2.75, 3.05) is 12.4 Å². The summed E-state index contributed by atoms with van der Waals surface area (Å²) in [4.78, 5) is 28.8. The van der Waals surface area contributed by atoms with Gasteiger partial charge in [-0.1, -0.05) is 0 Å². The Labute approximate surface area is 119 Å². The second-order valence-corrected chi connectivity index (χ2v) is 5.05. The van der Waals surface area contributed by atoms with Crippen LogP contribution in [-0.2, 0) is 4.74 Å². The topological polar surface area (TPSA) is 110 Å². The molecule has 8 heteroatoms. The number of methoxy groups -OCH3 is 1. The van der Waals surface area contributed by atoms with E-state index in [9.17, 15) is 14.9 Å². The molecule has 0 saturated heterocycles. The SMILES string of the molecule is COC1CC(Nc2cc3nc[nH]c(=O)c3cc2[N+](=O)[O-])C1. The lowest BCUT2D eigenvalue weighted by molar-refractivity contribution is -0.383. The van der Waals surface area contributed by atoms with Crippen molar-refractivity contribution in [2.45, 2.75) is 25.0 Å². The maximum absolute atomic E-state index is 11.7. The number of anilines is 1. The molecule has 0 unspecified atom stereocenters. The molecule has 0 radical (unpaired) electrons. The molecule has 1 aliphatic rings. The van der Waals surface area contributed by atoms with Crippen molar-refractivity contribution in [1.82, 2.24) is 9.97 Å².